The molecule has 0 unspecified atom stereocenters. The van der Waals surface area contributed by atoms with Crippen LogP contribution in [0.1, 0.15) is 22.8 Å². The van der Waals surface area contributed by atoms with Gasteiger partial charge in [-0.25, -0.2) is 4.79 Å². The van der Waals surface area contributed by atoms with Crippen LogP contribution in [0.2, 0.25) is 5.02 Å². The summed E-state index contributed by atoms with van der Waals surface area (Å²) < 4.78 is 11.2. The van der Waals surface area contributed by atoms with Gasteiger partial charge in [-0.05, 0) is 78.4 Å². The lowest BCUT2D eigenvalue weighted by Gasteiger charge is -2.11. The van der Waals surface area contributed by atoms with Gasteiger partial charge in [0.15, 0.2) is 5.11 Å². The van der Waals surface area contributed by atoms with Crippen molar-refractivity contribution in [3.63, 3.8) is 0 Å². The molecule has 8 heteroatoms. The molecule has 0 radical (unpaired) electrons. The Hall–Kier alpha value is -3.94. The number of halogens is 1. The fourth-order valence-electron chi connectivity index (χ4n) is 3.39. The summed E-state index contributed by atoms with van der Waals surface area (Å²) in [7, 11) is 0. The third-order valence-corrected chi connectivity index (χ3v) is 5.41. The van der Waals surface area contributed by atoms with E-state index in [-0.39, 0.29) is 5.11 Å². The first-order chi connectivity index (χ1) is 17.0. The number of nitrogens with one attached hydrogen (secondary N) is 2. The Morgan fingerprint density at radius 2 is 1.83 bits per heavy atom. The number of rotatable bonds is 7. The van der Waals surface area contributed by atoms with Crippen LogP contribution < -0.4 is 20.2 Å². The van der Waals surface area contributed by atoms with Crippen LogP contribution in [0.25, 0.3) is 10.8 Å². The molecule has 4 aromatic carbocycles. The van der Waals surface area contributed by atoms with E-state index in [2.05, 4.69) is 15.8 Å². The number of nitrogens with zero attached hydrogens (tertiary/aromatic N) is 1. The number of hydrogen-bond donors (Lipinski definition) is 2. The number of carbonyl (C=O) groups is 1. The van der Waals surface area contributed by atoms with Gasteiger partial charge >= 0.3 is 5.97 Å². The number of esters is 1. The van der Waals surface area contributed by atoms with Crippen molar-refractivity contribution in [3.05, 3.63) is 101 Å². The second-order valence-electron chi connectivity index (χ2n) is 7.38. The van der Waals surface area contributed by atoms with Crippen LogP contribution in [0.15, 0.2) is 90.0 Å². The molecule has 0 saturated carbocycles. The van der Waals surface area contributed by atoms with E-state index in [4.69, 9.17) is 33.3 Å². The lowest BCUT2D eigenvalue weighted by molar-refractivity contribution is 0.0734. The molecule has 0 fully saturated rings. The summed E-state index contributed by atoms with van der Waals surface area (Å²) in [6.07, 6.45) is 1.58. The minimum Gasteiger partial charge on any atom is -0.494 e. The molecule has 0 aliphatic heterocycles. The van der Waals surface area contributed by atoms with Crippen molar-refractivity contribution in [2.45, 2.75) is 6.92 Å². The summed E-state index contributed by atoms with van der Waals surface area (Å²) in [6, 6.07) is 25.4. The van der Waals surface area contributed by atoms with E-state index < -0.39 is 5.97 Å². The Bertz CT molecular complexity index is 1390. The van der Waals surface area contributed by atoms with Gasteiger partial charge < -0.3 is 14.8 Å². The zero-order chi connectivity index (χ0) is 24.6. The molecule has 0 saturated heterocycles. The van der Waals surface area contributed by atoms with E-state index in [1.807, 2.05) is 49.4 Å². The van der Waals surface area contributed by atoms with Gasteiger partial charge in [-0.3, -0.25) is 5.43 Å². The van der Waals surface area contributed by atoms with Crippen LogP contribution in [0.3, 0.4) is 0 Å². The van der Waals surface area contributed by atoms with E-state index in [0.717, 1.165) is 16.5 Å². The predicted molar refractivity (Wildman–Crippen MR) is 145 cm³/mol. The predicted octanol–water partition coefficient (Wildman–Crippen LogP) is 6.43. The topological polar surface area (TPSA) is 72.0 Å². The van der Waals surface area contributed by atoms with Crippen LogP contribution in [0.5, 0.6) is 11.5 Å². The maximum absolute atomic E-state index is 12.8. The fraction of sp³-hybridized carbons (Fsp3) is 0.0741. The minimum absolute atomic E-state index is 0.289. The van der Waals surface area contributed by atoms with E-state index in [1.165, 1.54) is 0 Å². The molecule has 0 aromatic heterocycles. The number of anilines is 1. The van der Waals surface area contributed by atoms with Crippen molar-refractivity contribution in [1.29, 1.82) is 0 Å². The molecular weight excluding hydrogens is 482 g/mol. The van der Waals surface area contributed by atoms with Crippen molar-refractivity contribution in [3.8, 4) is 11.5 Å². The van der Waals surface area contributed by atoms with Crippen LogP contribution in [-0.4, -0.2) is 23.9 Å². The fourth-order valence-corrected chi connectivity index (χ4v) is 3.75. The van der Waals surface area contributed by atoms with Crippen molar-refractivity contribution < 1.29 is 14.3 Å². The smallest absolute Gasteiger partial charge is 0.343 e. The average Bonchev–Trinajstić information content (AvgIpc) is 2.85. The lowest BCUT2D eigenvalue weighted by Crippen LogP contribution is -2.23. The molecule has 0 spiro atoms. The van der Waals surface area contributed by atoms with E-state index >= 15 is 0 Å². The van der Waals surface area contributed by atoms with E-state index in [1.54, 1.807) is 48.7 Å². The van der Waals surface area contributed by atoms with Crippen LogP contribution in [0, 0.1) is 0 Å². The van der Waals surface area contributed by atoms with Gasteiger partial charge in [0.25, 0.3) is 0 Å². The molecule has 2 N–H and O–H groups in total. The summed E-state index contributed by atoms with van der Waals surface area (Å²) >= 11 is 11.3. The maximum atomic E-state index is 12.8. The summed E-state index contributed by atoms with van der Waals surface area (Å²) in [4.78, 5) is 12.8. The SMILES string of the molecule is CCOc1ccc(C(=O)Oc2ccc3ccccc3c2/C=N/NC(=S)Nc2cccc(Cl)c2)cc1. The highest BCUT2D eigenvalue weighted by molar-refractivity contribution is 7.80. The van der Waals surface area contributed by atoms with E-state index in [9.17, 15) is 4.79 Å². The summed E-state index contributed by atoms with van der Waals surface area (Å²) in [6.45, 7) is 2.45. The van der Waals surface area contributed by atoms with Crippen molar-refractivity contribution >= 4 is 57.6 Å². The number of thiocarbonyl (C=S) groups is 1. The van der Waals surface area contributed by atoms with Crippen molar-refractivity contribution in [2.24, 2.45) is 5.10 Å². The Morgan fingerprint density at radius 3 is 2.60 bits per heavy atom. The monoisotopic (exact) mass is 503 g/mol. The largest absolute Gasteiger partial charge is 0.494 e. The number of carbonyl (C=O) groups excluding carboxylic acids is 1. The Balaban J connectivity index is 1.54. The third-order valence-electron chi connectivity index (χ3n) is 4.98. The number of hydrazone groups is 1. The molecule has 176 valence electrons. The van der Waals surface area contributed by atoms with Gasteiger partial charge in [0.2, 0.25) is 0 Å². The minimum atomic E-state index is -0.482. The van der Waals surface area contributed by atoms with Crippen molar-refractivity contribution in [1.82, 2.24) is 5.43 Å². The average molecular weight is 504 g/mol. The van der Waals surface area contributed by atoms with Gasteiger partial charge in [-0.2, -0.15) is 5.10 Å². The molecule has 4 aromatic rings. The zero-order valence-corrected chi connectivity index (χ0v) is 20.4. The first kappa shape index (κ1) is 24.2. The first-order valence-corrected chi connectivity index (χ1v) is 11.6. The summed E-state index contributed by atoms with van der Waals surface area (Å²) in [5.41, 5.74) is 4.57. The standard InChI is InChI=1S/C27H22ClN3O3S/c1-2-33-22-13-10-19(11-14-22)26(32)34-25-15-12-18-6-3-4-9-23(18)24(25)17-29-31-27(35)30-21-8-5-7-20(28)16-21/h3-17H,2H2,1H3,(H2,30,31,35)/b29-17+. The van der Waals surface area contributed by atoms with Gasteiger partial charge in [0.1, 0.15) is 11.5 Å². The molecule has 0 atom stereocenters. The normalized spacial score (nSPS) is 10.8. The molecular formula is C27H22ClN3O3S. The molecule has 0 heterocycles. The molecule has 4 rings (SSSR count). The Morgan fingerprint density at radius 1 is 1.03 bits per heavy atom. The third kappa shape index (κ3) is 6.35. The highest BCUT2D eigenvalue weighted by Gasteiger charge is 2.14. The highest BCUT2D eigenvalue weighted by Crippen LogP contribution is 2.27. The van der Waals surface area contributed by atoms with Gasteiger partial charge in [-0.1, -0.05) is 48.0 Å². The Kier molecular flexibility index (Phi) is 7.92. The molecule has 6 nitrogen and oxygen atoms in total. The molecule has 0 bridgehead atoms. The number of hydrogen-bond acceptors (Lipinski definition) is 5. The first-order valence-electron chi connectivity index (χ1n) is 10.9. The number of ether oxygens (including phenoxy) is 2. The van der Waals surface area contributed by atoms with Crippen molar-refractivity contribution in [2.75, 3.05) is 11.9 Å². The molecule has 35 heavy (non-hydrogen) atoms. The van der Waals surface area contributed by atoms with Gasteiger partial charge in [0, 0.05) is 16.3 Å². The summed E-state index contributed by atoms with van der Waals surface area (Å²) in [5, 5.41) is 10.0. The second-order valence-corrected chi connectivity index (χ2v) is 8.22. The van der Waals surface area contributed by atoms with Gasteiger partial charge in [0.05, 0.1) is 18.4 Å². The molecule has 0 aliphatic rings. The second kappa shape index (κ2) is 11.5. The molecule has 0 aliphatic carbocycles. The van der Waals surface area contributed by atoms with Gasteiger partial charge in [-0.15, -0.1) is 0 Å². The Labute approximate surface area is 213 Å². The summed E-state index contributed by atoms with van der Waals surface area (Å²) in [5.74, 6) is 0.585. The highest BCUT2D eigenvalue weighted by atomic mass is 35.5. The van der Waals surface area contributed by atoms with E-state index in [0.29, 0.717) is 34.3 Å². The maximum Gasteiger partial charge on any atom is 0.343 e. The van der Waals surface area contributed by atoms with Crippen LogP contribution in [0.4, 0.5) is 5.69 Å². The molecule has 0 amide bonds. The zero-order valence-electron chi connectivity index (χ0n) is 18.8. The van der Waals surface area contributed by atoms with Crippen LogP contribution >= 0.6 is 23.8 Å². The number of benzene rings is 4. The quantitative estimate of drug-likeness (QED) is 0.0995. The number of fused-ring (bicyclic) bond motifs is 1. The van der Waals surface area contributed by atoms with Crippen LogP contribution in [-0.2, 0) is 0 Å². The lowest BCUT2D eigenvalue weighted by atomic mass is 10.0.